The first-order valence-corrected chi connectivity index (χ1v) is 8.23. The van der Waals surface area contributed by atoms with Crippen molar-refractivity contribution in [1.82, 2.24) is 15.6 Å². The van der Waals surface area contributed by atoms with E-state index in [1.54, 1.807) is 27.5 Å². The molecule has 1 heterocycles. The lowest BCUT2D eigenvalue weighted by molar-refractivity contribution is 0.397. The molecule has 0 amide bonds. The third-order valence-electron chi connectivity index (χ3n) is 3.81. The molecular formula is C19H26N4O2. The summed E-state index contributed by atoms with van der Waals surface area (Å²) < 4.78 is 10.5. The molecule has 6 heteroatoms. The summed E-state index contributed by atoms with van der Waals surface area (Å²) in [5.41, 5.74) is 3.47. The molecular weight excluding hydrogens is 316 g/mol. The molecule has 0 aliphatic rings. The summed E-state index contributed by atoms with van der Waals surface area (Å²) in [4.78, 5) is 8.44. The van der Waals surface area contributed by atoms with Gasteiger partial charge in [0.2, 0.25) is 5.88 Å². The van der Waals surface area contributed by atoms with Crippen LogP contribution in [0.1, 0.15) is 16.7 Å². The zero-order valence-corrected chi connectivity index (χ0v) is 15.3. The Morgan fingerprint density at radius 3 is 2.60 bits per heavy atom. The van der Waals surface area contributed by atoms with E-state index in [0.29, 0.717) is 12.4 Å². The first-order chi connectivity index (χ1) is 12.2. The van der Waals surface area contributed by atoms with E-state index in [9.17, 15) is 0 Å². The molecule has 6 nitrogen and oxygen atoms in total. The number of guanidine groups is 1. The van der Waals surface area contributed by atoms with Gasteiger partial charge in [-0.1, -0.05) is 23.8 Å². The molecule has 0 unspecified atom stereocenters. The molecule has 25 heavy (non-hydrogen) atoms. The van der Waals surface area contributed by atoms with E-state index in [-0.39, 0.29) is 0 Å². The van der Waals surface area contributed by atoms with Crippen LogP contribution in [0, 0.1) is 6.92 Å². The monoisotopic (exact) mass is 342 g/mol. The SMILES string of the molecule is CN=C(NCCc1cc(C)ccc1OC)NCc1ccc(OC)nc1. The second kappa shape index (κ2) is 9.52. The standard InChI is InChI=1S/C19H26N4O2/c1-14-5-7-17(24-3)16(11-14)9-10-21-19(20-2)23-13-15-6-8-18(25-4)22-12-15/h5-8,11-12H,9-10,13H2,1-4H3,(H2,20,21,23). The molecule has 2 aromatic rings. The Morgan fingerprint density at radius 1 is 1.12 bits per heavy atom. The van der Waals surface area contributed by atoms with Gasteiger partial charge in [-0.05, 0) is 30.5 Å². The highest BCUT2D eigenvalue weighted by atomic mass is 16.5. The molecule has 134 valence electrons. The van der Waals surface area contributed by atoms with Gasteiger partial charge in [0.25, 0.3) is 0 Å². The first-order valence-electron chi connectivity index (χ1n) is 8.23. The fourth-order valence-electron chi connectivity index (χ4n) is 2.46. The quantitative estimate of drug-likeness (QED) is 0.597. The molecule has 0 spiro atoms. The van der Waals surface area contributed by atoms with Crippen molar-refractivity contribution in [1.29, 1.82) is 0 Å². The van der Waals surface area contributed by atoms with Gasteiger partial charge >= 0.3 is 0 Å². The number of ether oxygens (including phenoxy) is 2. The van der Waals surface area contributed by atoms with Gasteiger partial charge in [0.15, 0.2) is 5.96 Å². The molecule has 0 fully saturated rings. The average molecular weight is 342 g/mol. The lowest BCUT2D eigenvalue weighted by Crippen LogP contribution is -2.37. The highest BCUT2D eigenvalue weighted by molar-refractivity contribution is 5.79. The summed E-state index contributed by atoms with van der Waals surface area (Å²) in [6.07, 6.45) is 2.65. The highest BCUT2D eigenvalue weighted by Crippen LogP contribution is 2.19. The molecule has 0 aliphatic heterocycles. The van der Waals surface area contributed by atoms with Gasteiger partial charge in [-0.2, -0.15) is 0 Å². The second-order valence-corrected chi connectivity index (χ2v) is 5.63. The number of hydrogen-bond donors (Lipinski definition) is 2. The third kappa shape index (κ3) is 5.67. The van der Waals surface area contributed by atoms with Crippen molar-refractivity contribution in [3.63, 3.8) is 0 Å². The van der Waals surface area contributed by atoms with E-state index in [2.05, 4.69) is 39.7 Å². The van der Waals surface area contributed by atoms with E-state index in [4.69, 9.17) is 9.47 Å². The van der Waals surface area contributed by atoms with Crippen LogP contribution in [0.2, 0.25) is 0 Å². The van der Waals surface area contributed by atoms with Crippen molar-refractivity contribution in [2.24, 2.45) is 4.99 Å². The van der Waals surface area contributed by atoms with Crippen LogP contribution >= 0.6 is 0 Å². The zero-order chi connectivity index (χ0) is 18.1. The summed E-state index contributed by atoms with van der Waals surface area (Å²) in [7, 11) is 5.06. The Morgan fingerprint density at radius 2 is 1.96 bits per heavy atom. The molecule has 2 rings (SSSR count). The van der Waals surface area contributed by atoms with E-state index >= 15 is 0 Å². The molecule has 1 aromatic carbocycles. The molecule has 0 saturated carbocycles. The van der Waals surface area contributed by atoms with Crippen molar-refractivity contribution < 1.29 is 9.47 Å². The summed E-state index contributed by atoms with van der Waals surface area (Å²) in [5, 5.41) is 6.60. The summed E-state index contributed by atoms with van der Waals surface area (Å²) in [6, 6.07) is 10.0. The number of rotatable bonds is 7. The van der Waals surface area contributed by atoms with Crippen LogP contribution in [0.25, 0.3) is 0 Å². The van der Waals surface area contributed by atoms with E-state index in [1.165, 1.54) is 11.1 Å². The topological polar surface area (TPSA) is 67.8 Å². The normalized spacial score (nSPS) is 11.1. The largest absolute Gasteiger partial charge is 0.496 e. The molecule has 0 atom stereocenters. The van der Waals surface area contributed by atoms with Crippen LogP contribution in [0.15, 0.2) is 41.5 Å². The van der Waals surface area contributed by atoms with Crippen LogP contribution in [0.3, 0.4) is 0 Å². The van der Waals surface area contributed by atoms with Gasteiger partial charge in [0.05, 0.1) is 14.2 Å². The lowest BCUT2D eigenvalue weighted by atomic mass is 10.1. The summed E-state index contributed by atoms with van der Waals surface area (Å²) >= 11 is 0. The summed E-state index contributed by atoms with van der Waals surface area (Å²) in [6.45, 7) is 3.49. The number of nitrogens with one attached hydrogen (secondary N) is 2. The van der Waals surface area contributed by atoms with E-state index < -0.39 is 0 Å². The lowest BCUT2D eigenvalue weighted by Gasteiger charge is -2.13. The van der Waals surface area contributed by atoms with E-state index in [0.717, 1.165) is 30.2 Å². The number of pyridine rings is 1. The Balaban J connectivity index is 1.83. The van der Waals surface area contributed by atoms with Gasteiger partial charge in [0, 0.05) is 32.4 Å². The Kier molecular flexibility index (Phi) is 7.07. The van der Waals surface area contributed by atoms with Crippen molar-refractivity contribution in [3.05, 3.63) is 53.2 Å². The second-order valence-electron chi connectivity index (χ2n) is 5.63. The maximum absolute atomic E-state index is 5.42. The maximum Gasteiger partial charge on any atom is 0.212 e. The van der Waals surface area contributed by atoms with Crippen molar-refractivity contribution >= 4 is 5.96 Å². The molecule has 0 bridgehead atoms. The highest BCUT2D eigenvalue weighted by Gasteiger charge is 2.04. The number of aryl methyl sites for hydroxylation is 1. The molecule has 0 aliphatic carbocycles. The Bertz CT molecular complexity index is 699. The third-order valence-corrected chi connectivity index (χ3v) is 3.81. The van der Waals surface area contributed by atoms with Crippen molar-refractivity contribution in [2.45, 2.75) is 19.9 Å². The number of aromatic nitrogens is 1. The Hall–Kier alpha value is -2.76. The van der Waals surface area contributed by atoms with Gasteiger partial charge in [-0.3, -0.25) is 4.99 Å². The van der Waals surface area contributed by atoms with Gasteiger partial charge in [0.1, 0.15) is 5.75 Å². The van der Waals surface area contributed by atoms with Crippen LogP contribution in [0.4, 0.5) is 0 Å². The van der Waals surface area contributed by atoms with Crippen LogP contribution in [0.5, 0.6) is 11.6 Å². The number of benzene rings is 1. The van der Waals surface area contributed by atoms with Gasteiger partial charge in [-0.25, -0.2) is 4.98 Å². The molecule has 1 aromatic heterocycles. The minimum absolute atomic E-state index is 0.610. The van der Waals surface area contributed by atoms with Gasteiger partial charge in [-0.15, -0.1) is 0 Å². The maximum atomic E-state index is 5.42. The molecule has 0 saturated heterocycles. The van der Waals surface area contributed by atoms with Crippen LogP contribution < -0.4 is 20.1 Å². The first kappa shape index (κ1) is 18.6. The molecule has 0 radical (unpaired) electrons. The number of nitrogens with zero attached hydrogens (tertiary/aromatic N) is 2. The fraction of sp³-hybridized carbons (Fsp3) is 0.368. The van der Waals surface area contributed by atoms with E-state index in [1.807, 2.05) is 18.2 Å². The number of hydrogen-bond acceptors (Lipinski definition) is 4. The number of aliphatic imine (C=N–C) groups is 1. The molecule has 2 N–H and O–H groups in total. The summed E-state index contributed by atoms with van der Waals surface area (Å²) in [5.74, 6) is 2.28. The van der Waals surface area contributed by atoms with Crippen molar-refractivity contribution in [3.8, 4) is 11.6 Å². The minimum atomic E-state index is 0.610. The van der Waals surface area contributed by atoms with Crippen LogP contribution in [-0.2, 0) is 13.0 Å². The fourth-order valence-corrected chi connectivity index (χ4v) is 2.46. The Labute approximate surface area is 149 Å². The average Bonchev–Trinajstić information content (AvgIpc) is 2.65. The smallest absolute Gasteiger partial charge is 0.212 e. The zero-order valence-electron chi connectivity index (χ0n) is 15.3. The van der Waals surface area contributed by atoms with Gasteiger partial charge < -0.3 is 20.1 Å². The number of methoxy groups -OCH3 is 2. The predicted octanol–water partition coefficient (Wildman–Crippen LogP) is 2.31. The predicted molar refractivity (Wildman–Crippen MR) is 100 cm³/mol. The minimum Gasteiger partial charge on any atom is -0.496 e. The van der Waals surface area contributed by atoms with Crippen molar-refractivity contribution in [2.75, 3.05) is 27.8 Å². The van der Waals surface area contributed by atoms with Crippen LogP contribution in [-0.4, -0.2) is 38.8 Å².